The lowest BCUT2D eigenvalue weighted by atomic mass is 10.1. The summed E-state index contributed by atoms with van der Waals surface area (Å²) < 4.78 is 32.5. The fourth-order valence-electron chi connectivity index (χ4n) is 3.05. The van der Waals surface area contributed by atoms with E-state index in [0.29, 0.717) is 11.3 Å². The van der Waals surface area contributed by atoms with E-state index in [9.17, 15) is 23.2 Å². The van der Waals surface area contributed by atoms with Crippen molar-refractivity contribution in [3.8, 4) is 0 Å². The van der Waals surface area contributed by atoms with Gasteiger partial charge in [-0.2, -0.15) is 5.10 Å². The van der Waals surface area contributed by atoms with E-state index in [2.05, 4.69) is 10.4 Å². The van der Waals surface area contributed by atoms with Gasteiger partial charge in [0.15, 0.2) is 0 Å². The van der Waals surface area contributed by atoms with Crippen molar-refractivity contribution in [3.63, 3.8) is 0 Å². The molecule has 0 unspecified atom stereocenters. The van der Waals surface area contributed by atoms with E-state index in [1.165, 1.54) is 17.7 Å². The number of nitrogens with two attached hydrogens (primary N) is 1. The molecule has 0 aliphatic heterocycles. The Morgan fingerprint density at radius 2 is 2.03 bits per heavy atom. The van der Waals surface area contributed by atoms with E-state index in [1.807, 2.05) is 0 Å². The highest BCUT2D eigenvalue weighted by atomic mass is 32.1. The zero-order valence-corrected chi connectivity index (χ0v) is 17.5. The number of anilines is 1. The van der Waals surface area contributed by atoms with Crippen LogP contribution in [0.4, 0.5) is 13.8 Å². The fourth-order valence-corrected chi connectivity index (χ4v) is 4.11. The lowest BCUT2D eigenvalue weighted by Gasteiger charge is -2.11. The number of hydrogen-bond donors (Lipinski definition) is 2. The number of hydrogen-bond acceptors (Lipinski definition) is 6. The van der Waals surface area contributed by atoms with Crippen LogP contribution in [0, 0.1) is 6.92 Å². The summed E-state index contributed by atoms with van der Waals surface area (Å²) in [6.07, 6.45) is -1.43. The van der Waals surface area contributed by atoms with Gasteiger partial charge in [-0.15, -0.1) is 11.3 Å². The number of carbonyl (C=O) groups excluding carboxylic acids is 3. The molecule has 2 amide bonds. The second-order valence-electron chi connectivity index (χ2n) is 7.35. The lowest BCUT2D eigenvalue weighted by Crippen LogP contribution is -2.22. The quantitative estimate of drug-likeness (QED) is 0.611. The number of thiophene rings is 1. The number of rotatable bonds is 8. The Kier molecular flexibility index (Phi) is 6.20. The molecule has 1 saturated carbocycles. The van der Waals surface area contributed by atoms with Crippen molar-refractivity contribution < 1.29 is 27.9 Å². The van der Waals surface area contributed by atoms with Gasteiger partial charge in [0.2, 0.25) is 5.91 Å². The first-order valence-corrected chi connectivity index (χ1v) is 10.2. The van der Waals surface area contributed by atoms with Crippen LogP contribution in [0.1, 0.15) is 76.0 Å². The van der Waals surface area contributed by atoms with Crippen molar-refractivity contribution in [2.45, 2.75) is 58.6 Å². The summed E-state index contributed by atoms with van der Waals surface area (Å²) in [6.45, 7) is 4.58. The highest BCUT2D eigenvalue weighted by Gasteiger charge is 2.31. The number of nitrogens with zero attached hydrogens (tertiary/aromatic N) is 2. The molecule has 0 saturated heterocycles. The zero-order chi connectivity index (χ0) is 22.2. The number of aromatic nitrogens is 2. The largest absolute Gasteiger partial charge is 0.459 e. The van der Waals surface area contributed by atoms with E-state index in [4.69, 9.17) is 10.5 Å². The Morgan fingerprint density at radius 3 is 2.57 bits per heavy atom. The van der Waals surface area contributed by atoms with Crippen LogP contribution >= 0.6 is 11.3 Å². The van der Waals surface area contributed by atoms with Gasteiger partial charge in [0.05, 0.1) is 16.5 Å². The molecule has 0 bridgehead atoms. The molecule has 1 aliphatic carbocycles. The topological polar surface area (TPSA) is 116 Å². The fraction of sp³-hybridized carbons (Fsp3) is 0.474. The van der Waals surface area contributed by atoms with Gasteiger partial charge in [0, 0.05) is 11.6 Å². The number of nitrogens with one attached hydrogen (secondary N) is 1. The number of alkyl halides is 2. The summed E-state index contributed by atoms with van der Waals surface area (Å²) in [4.78, 5) is 36.9. The highest BCUT2D eigenvalue weighted by molar-refractivity contribution is 7.18. The van der Waals surface area contributed by atoms with Crippen LogP contribution in [0.25, 0.3) is 0 Å². The Bertz CT molecular complexity index is 995. The van der Waals surface area contributed by atoms with Crippen LogP contribution in [-0.4, -0.2) is 33.7 Å². The van der Waals surface area contributed by atoms with Crippen molar-refractivity contribution in [2.75, 3.05) is 5.32 Å². The van der Waals surface area contributed by atoms with Gasteiger partial charge >= 0.3 is 5.97 Å². The maximum absolute atomic E-state index is 13.0. The van der Waals surface area contributed by atoms with Crippen molar-refractivity contribution >= 4 is 34.1 Å². The molecule has 1 fully saturated rings. The molecule has 0 atom stereocenters. The minimum Gasteiger partial charge on any atom is -0.459 e. The van der Waals surface area contributed by atoms with Crippen LogP contribution < -0.4 is 11.1 Å². The predicted octanol–water partition coefficient (Wildman–Crippen LogP) is 3.37. The third-order valence-electron chi connectivity index (χ3n) is 4.51. The molecule has 2 heterocycles. The lowest BCUT2D eigenvalue weighted by molar-refractivity contribution is -0.116. The second-order valence-corrected chi connectivity index (χ2v) is 8.37. The third kappa shape index (κ3) is 4.66. The molecule has 3 rings (SSSR count). The molecule has 3 N–H and O–H groups in total. The van der Waals surface area contributed by atoms with Gasteiger partial charge in [-0.3, -0.25) is 14.3 Å². The number of esters is 1. The molecule has 2 aromatic rings. The molecule has 8 nitrogen and oxygen atoms in total. The van der Waals surface area contributed by atoms with E-state index in [0.717, 1.165) is 24.2 Å². The molecular weight excluding hydrogens is 418 g/mol. The van der Waals surface area contributed by atoms with Crippen LogP contribution in [0.15, 0.2) is 6.07 Å². The van der Waals surface area contributed by atoms with Gasteiger partial charge in [0.1, 0.15) is 17.2 Å². The van der Waals surface area contributed by atoms with E-state index in [1.54, 1.807) is 13.8 Å². The maximum Gasteiger partial charge on any atom is 0.341 e. The van der Waals surface area contributed by atoms with Crippen LogP contribution in [0.2, 0.25) is 0 Å². The molecule has 2 aromatic heterocycles. The summed E-state index contributed by atoms with van der Waals surface area (Å²) in [5.74, 6) is -1.89. The molecule has 0 radical (unpaired) electrons. The van der Waals surface area contributed by atoms with Crippen LogP contribution in [-0.2, 0) is 16.1 Å². The summed E-state index contributed by atoms with van der Waals surface area (Å²) >= 11 is 0.864. The van der Waals surface area contributed by atoms with Gasteiger partial charge in [-0.1, -0.05) is 0 Å². The van der Waals surface area contributed by atoms with E-state index < -0.39 is 30.3 Å². The summed E-state index contributed by atoms with van der Waals surface area (Å²) in [5, 5.41) is 6.54. The summed E-state index contributed by atoms with van der Waals surface area (Å²) in [7, 11) is 0. The third-order valence-corrected chi connectivity index (χ3v) is 5.73. The Balaban J connectivity index is 1.85. The van der Waals surface area contributed by atoms with Crippen LogP contribution in [0.5, 0.6) is 0 Å². The first kappa shape index (κ1) is 21.9. The number of ether oxygens (including phenoxy) is 1. The average Bonchev–Trinajstić information content (AvgIpc) is 3.30. The van der Waals surface area contributed by atoms with Gasteiger partial charge < -0.3 is 15.8 Å². The first-order chi connectivity index (χ1) is 14.1. The number of primary amides is 1. The minimum absolute atomic E-state index is 0.0481. The molecular formula is C19H22F2N4O4S. The van der Waals surface area contributed by atoms with Gasteiger partial charge in [-0.25, -0.2) is 13.6 Å². The summed E-state index contributed by atoms with van der Waals surface area (Å²) in [6, 6.07) is 1.32. The highest BCUT2D eigenvalue weighted by Crippen LogP contribution is 2.41. The monoisotopic (exact) mass is 440 g/mol. The van der Waals surface area contributed by atoms with Gasteiger partial charge in [0.25, 0.3) is 12.3 Å². The van der Waals surface area contributed by atoms with Crippen molar-refractivity contribution in [3.05, 3.63) is 33.5 Å². The standard InChI is InChI=1S/C19H22F2N4O4S/c1-8(2)29-19(28)14-9(3)15(17(22)27)30-18(14)23-13(26)7-25-12(10-4-5-10)6-11(24-25)16(20)21/h6,8,10,16H,4-5,7H2,1-3H3,(H2,22,27)(H,23,26). The van der Waals surface area contributed by atoms with Crippen molar-refractivity contribution in [1.29, 1.82) is 0 Å². The Labute approximate surface area is 175 Å². The predicted molar refractivity (Wildman–Crippen MR) is 106 cm³/mol. The molecule has 11 heteroatoms. The SMILES string of the molecule is Cc1c(C(N)=O)sc(NC(=O)Cn2nc(C(F)F)cc2C2CC2)c1C(=O)OC(C)C. The number of halogens is 2. The minimum atomic E-state index is -2.73. The number of amides is 2. The molecule has 0 aromatic carbocycles. The smallest absolute Gasteiger partial charge is 0.341 e. The number of carbonyl (C=O) groups is 3. The second kappa shape index (κ2) is 8.50. The van der Waals surface area contributed by atoms with Gasteiger partial charge in [-0.05, 0) is 45.2 Å². The van der Waals surface area contributed by atoms with Crippen LogP contribution in [0.3, 0.4) is 0 Å². The maximum atomic E-state index is 13.0. The van der Waals surface area contributed by atoms with Crippen molar-refractivity contribution in [1.82, 2.24) is 9.78 Å². The Morgan fingerprint density at radius 1 is 1.37 bits per heavy atom. The summed E-state index contributed by atoms with van der Waals surface area (Å²) in [5.41, 5.74) is 5.93. The molecule has 30 heavy (non-hydrogen) atoms. The Hall–Kier alpha value is -2.82. The molecule has 1 aliphatic rings. The normalized spacial score (nSPS) is 13.7. The molecule has 162 valence electrons. The van der Waals surface area contributed by atoms with Crippen molar-refractivity contribution in [2.24, 2.45) is 5.73 Å². The van der Waals surface area contributed by atoms with E-state index in [-0.39, 0.29) is 33.6 Å². The average molecular weight is 440 g/mol. The molecule has 0 spiro atoms. The first-order valence-electron chi connectivity index (χ1n) is 9.38. The van der Waals surface area contributed by atoms with E-state index >= 15 is 0 Å². The zero-order valence-electron chi connectivity index (χ0n) is 16.7.